The van der Waals surface area contributed by atoms with Gasteiger partial charge in [0.1, 0.15) is 0 Å². The van der Waals surface area contributed by atoms with E-state index < -0.39 is 9.84 Å². The summed E-state index contributed by atoms with van der Waals surface area (Å²) >= 11 is 1.56. The molecule has 1 aliphatic heterocycles. The molecule has 0 spiro atoms. The minimum Gasteiger partial charge on any atom is -0.381 e. The van der Waals surface area contributed by atoms with Gasteiger partial charge >= 0.3 is 0 Å². The molecule has 2 aromatic carbocycles. The maximum Gasteiger partial charge on any atom is 0.276 e. The SMILES string of the molecule is Cc1cccc(-n2nc(C(=O)Nc3ccc(NC4CCS(=O)(=O)C4)cc3)cc2-c2ccc3ncsc3c2)n1. The molecule has 0 radical (unpaired) electrons. The Labute approximate surface area is 223 Å². The lowest BCUT2D eigenvalue weighted by Crippen LogP contribution is -2.20. The van der Waals surface area contributed by atoms with Crippen molar-refractivity contribution in [1.82, 2.24) is 19.7 Å². The lowest BCUT2D eigenvalue weighted by molar-refractivity contribution is 0.102. The summed E-state index contributed by atoms with van der Waals surface area (Å²) in [5.41, 5.74) is 6.89. The highest BCUT2D eigenvalue weighted by atomic mass is 32.2. The van der Waals surface area contributed by atoms with E-state index in [0.717, 1.165) is 32.9 Å². The summed E-state index contributed by atoms with van der Waals surface area (Å²) in [6, 6.07) is 20.5. The van der Waals surface area contributed by atoms with Crippen LogP contribution in [0, 0.1) is 6.92 Å². The molecule has 0 aliphatic carbocycles. The number of anilines is 2. The van der Waals surface area contributed by atoms with Crippen LogP contribution in [0.2, 0.25) is 0 Å². The molecule has 1 fully saturated rings. The molecule has 192 valence electrons. The average molecular weight is 545 g/mol. The first-order chi connectivity index (χ1) is 18.3. The minimum absolute atomic E-state index is 0.0951. The molecule has 1 saturated heterocycles. The first-order valence-corrected chi connectivity index (χ1v) is 14.8. The van der Waals surface area contributed by atoms with Crippen LogP contribution in [0.25, 0.3) is 27.3 Å². The van der Waals surface area contributed by atoms with Gasteiger partial charge in [-0.2, -0.15) is 5.10 Å². The van der Waals surface area contributed by atoms with Crippen LogP contribution in [0.15, 0.2) is 72.2 Å². The number of aromatic nitrogens is 4. The van der Waals surface area contributed by atoms with Gasteiger partial charge in [0.05, 0.1) is 32.9 Å². The van der Waals surface area contributed by atoms with Gasteiger partial charge in [0.15, 0.2) is 21.3 Å². The van der Waals surface area contributed by atoms with Crippen LogP contribution >= 0.6 is 11.3 Å². The Kier molecular flexibility index (Phi) is 6.16. The van der Waals surface area contributed by atoms with Gasteiger partial charge < -0.3 is 10.6 Å². The summed E-state index contributed by atoms with van der Waals surface area (Å²) in [5, 5.41) is 10.8. The van der Waals surface area contributed by atoms with Crippen molar-refractivity contribution < 1.29 is 13.2 Å². The van der Waals surface area contributed by atoms with Gasteiger partial charge in [-0.3, -0.25) is 4.79 Å². The summed E-state index contributed by atoms with van der Waals surface area (Å²) in [6.45, 7) is 1.91. The lowest BCUT2D eigenvalue weighted by atomic mass is 10.1. The van der Waals surface area contributed by atoms with E-state index in [4.69, 9.17) is 0 Å². The Morgan fingerprint density at radius 2 is 1.87 bits per heavy atom. The van der Waals surface area contributed by atoms with E-state index in [0.29, 0.717) is 17.9 Å². The number of hydrogen-bond donors (Lipinski definition) is 2. The zero-order valence-corrected chi connectivity index (χ0v) is 22.1. The number of nitrogens with zero attached hydrogens (tertiary/aromatic N) is 4. The number of benzene rings is 2. The Hall–Kier alpha value is -4.09. The van der Waals surface area contributed by atoms with Crippen LogP contribution in [0.1, 0.15) is 22.6 Å². The van der Waals surface area contributed by atoms with Crippen molar-refractivity contribution in [3.8, 4) is 17.1 Å². The van der Waals surface area contributed by atoms with Crippen LogP contribution in [-0.2, 0) is 9.84 Å². The van der Waals surface area contributed by atoms with Crippen molar-refractivity contribution in [3.63, 3.8) is 0 Å². The molecular weight excluding hydrogens is 520 g/mol. The Balaban J connectivity index is 1.26. The molecule has 1 atom stereocenters. The maximum absolute atomic E-state index is 13.2. The number of amides is 1. The van der Waals surface area contributed by atoms with E-state index in [1.807, 2.05) is 61.0 Å². The first kappa shape index (κ1) is 24.3. The number of hydrogen-bond acceptors (Lipinski definition) is 8. The van der Waals surface area contributed by atoms with Crippen molar-refractivity contribution in [2.24, 2.45) is 0 Å². The van der Waals surface area contributed by atoms with Crippen molar-refractivity contribution in [1.29, 1.82) is 0 Å². The van der Waals surface area contributed by atoms with E-state index >= 15 is 0 Å². The van der Waals surface area contributed by atoms with E-state index in [1.165, 1.54) is 0 Å². The summed E-state index contributed by atoms with van der Waals surface area (Å²) in [4.78, 5) is 22.2. The monoisotopic (exact) mass is 544 g/mol. The second-order valence-electron chi connectivity index (χ2n) is 9.27. The van der Waals surface area contributed by atoms with E-state index in [9.17, 15) is 13.2 Å². The fraction of sp³-hybridized carbons (Fsp3) is 0.185. The summed E-state index contributed by atoms with van der Waals surface area (Å²) in [6.07, 6.45) is 0.595. The second kappa shape index (κ2) is 9.66. The van der Waals surface area contributed by atoms with E-state index in [1.54, 1.807) is 34.2 Å². The number of sulfone groups is 1. The molecule has 9 nitrogen and oxygen atoms in total. The first-order valence-electron chi connectivity index (χ1n) is 12.1. The second-order valence-corrected chi connectivity index (χ2v) is 12.4. The molecule has 0 saturated carbocycles. The molecule has 5 aromatic rings. The van der Waals surface area contributed by atoms with Crippen molar-refractivity contribution in [2.45, 2.75) is 19.4 Å². The van der Waals surface area contributed by atoms with Crippen molar-refractivity contribution >= 4 is 48.7 Å². The number of thiazole rings is 1. The predicted molar refractivity (Wildman–Crippen MR) is 150 cm³/mol. The average Bonchev–Trinajstić information content (AvgIpc) is 3.63. The molecule has 11 heteroatoms. The van der Waals surface area contributed by atoms with Crippen LogP contribution in [0.4, 0.5) is 11.4 Å². The fourth-order valence-electron chi connectivity index (χ4n) is 4.52. The number of carbonyl (C=O) groups excluding carboxylic acids is 1. The maximum atomic E-state index is 13.2. The van der Waals surface area contributed by atoms with Crippen LogP contribution in [-0.4, -0.2) is 51.6 Å². The van der Waals surface area contributed by atoms with Gasteiger partial charge in [0.25, 0.3) is 5.91 Å². The number of fused-ring (bicyclic) bond motifs is 1. The predicted octanol–water partition coefficient (Wildman–Crippen LogP) is 4.70. The molecule has 2 N–H and O–H groups in total. The van der Waals surface area contributed by atoms with Crippen molar-refractivity contribution in [3.05, 3.63) is 83.6 Å². The van der Waals surface area contributed by atoms with Gasteiger partial charge in [-0.1, -0.05) is 12.1 Å². The molecule has 1 amide bonds. The topological polar surface area (TPSA) is 119 Å². The number of rotatable bonds is 6. The highest BCUT2D eigenvalue weighted by Crippen LogP contribution is 2.29. The van der Waals surface area contributed by atoms with Gasteiger partial charge in [0, 0.05) is 28.7 Å². The van der Waals surface area contributed by atoms with Crippen LogP contribution in [0.5, 0.6) is 0 Å². The largest absolute Gasteiger partial charge is 0.381 e. The zero-order valence-electron chi connectivity index (χ0n) is 20.5. The number of aryl methyl sites for hydroxylation is 1. The van der Waals surface area contributed by atoms with Gasteiger partial charge in [-0.25, -0.2) is 23.1 Å². The molecule has 38 heavy (non-hydrogen) atoms. The number of pyridine rings is 1. The molecule has 3 aromatic heterocycles. The van der Waals surface area contributed by atoms with E-state index in [2.05, 4.69) is 25.7 Å². The summed E-state index contributed by atoms with van der Waals surface area (Å²) < 4.78 is 26.1. The molecule has 1 aliphatic rings. The smallest absolute Gasteiger partial charge is 0.276 e. The third kappa shape index (κ3) is 5.02. The summed E-state index contributed by atoms with van der Waals surface area (Å²) in [7, 11) is -2.96. The fourth-order valence-corrected chi connectivity index (χ4v) is 6.91. The zero-order chi connectivity index (χ0) is 26.3. The van der Waals surface area contributed by atoms with Gasteiger partial charge in [-0.15, -0.1) is 11.3 Å². The standard InChI is InChI=1S/C27H24N6O3S2/c1-17-3-2-4-26(29-17)33-24(18-5-10-22-25(13-18)37-16-28-22)14-23(32-33)27(34)31-20-8-6-19(7-9-20)30-21-11-12-38(35,36)15-21/h2-10,13-14,16,21,30H,11-12,15H2,1H3,(H,31,34). The normalized spacial score (nSPS) is 16.5. The highest BCUT2D eigenvalue weighted by molar-refractivity contribution is 7.91. The number of nitrogens with one attached hydrogen (secondary N) is 2. The molecule has 4 heterocycles. The number of carbonyl (C=O) groups is 1. The molecule has 6 rings (SSSR count). The Bertz CT molecular complexity index is 1760. The third-order valence-corrected chi connectivity index (χ3v) is 8.97. The van der Waals surface area contributed by atoms with Gasteiger partial charge in [0.2, 0.25) is 0 Å². The minimum atomic E-state index is -2.96. The lowest BCUT2D eigenvalue weighted by Gasteiger charge is -2.13. The Morgan fingerprint density at radius 3 is 2.63 bits per heavy atom. The van der Waals surface area contributed by atoms with Crippen molar-refractivity contribution in [2.75, 3.05) is 22.1 Å². The van der Waals surface area contributed by atoms with Gasteiger partial charge in [-0.05, 0) is 67.9 Å². The van der Waals surface area contributed by atoms with E-state index in [-0.39, 0.29) is 29.1 Å². The molecule has 0 bridgehead atoms. The molecule has 1 unspecified atom stereocenters. The Morgan fingerprint density at radius 1 is 1.05 bits per heavy atom. The highest BCUT2D eigenvalue weighted by Gasteiger charge is 2.27. The quantitative estimate of drug-likeness (QED) is 0.318. The molecular formula is C27H24N6O3S2. The summed E-state index contributed by atoms with van der Waals surface area (Å²) in [5.74, 6) is 0.623. The third-order valence-electron chi connectivity index (χ3n) is 6.41. The van der Waals surface area contributed by atoms with Crippen LogP contribution < -0.4 is 10.6 Å². The van der Waals surface area contributed by atoms with Crippen LogP contribution in [0.3, 0.4) is 0 Å².